The Morgan fingerprint density at radius 2 is 0.845 bits per heavy atom. The average Bonchev–Trinajstić information content (AvgIpc) is 2.37. The van der Waals surface area contributed by atoms with Crippen molar-refractivity contribution in [1.82, 2.24) is 34.5 Å². The van der Waals surface area contributed by atoms with Gasteiger partial charge in [-0.2, -0.15) is 0 Å². The standard InChI is InChI=1S/C77H79N7/c1-13-16-23-51-32-47(4)35-55(40-51)71-78-70(79-72(80-71)56-36-48(5)33-52(41-56)24-17-14-2)54-30-31-68(84-67-29-22-20-27-61(67)63-45-62-60-26-19-21-28-65(60)77(11,12)66(62)46-69(63)84)64(44-54)75-82-73(57-37-49(6)34-53(42-57)25-18-15-3)81-74(83-75)58-38-50(7)39-59(43-58)76(8,9)10/h19-22,26-46H,13-18,23-25H2,1-12H3. The van der Waals surface area contributed by atoms with Crippen molar-refractivity contribution in [3.8, 4) is 85.1 Å². The van der Waals surface area contributed by atoms with Gasteiger partial charge in [-0.1, -0.05) is 164 Å². The van der Waals surface area contributed by atoms with E-state index in [2.05, 4.69) is 239 Å². The molecule has 0 N–H and O–H groups in total. The van der Waals surface area contributed by atoms with Crippen LogP contribution in [0.3, 0.4) is 0 Å². The van der Waals surface area contributed by atoms with E-state index in [1.807, 2.05) is 0 Å². The van der Waals surface area contributed by atoms with Gasteiger partial charge in [0.1, 0.15) is 0 Å². The molecule has 0 saturated carbocycles. The molecule has 0 saturated heterocycles. The summed E-state index contributed by atoms with van der Waals surface area (Å²) in [5, 5.41) is 2.37. The van der Waals surface area contributed by atoms with Crippen molar-refractivity contribution in [1.29, 1.82) is 0 Å². The summed E-state index contributed by atoms with van der Waals surface area (Å²) in [7, 11) is 0. The van der Waals surface area contributed by atoms with E-state index in [-0.39, 0.29) is 10.8 Å². The number of hydrogen-bond donors (Lipinski definition) is 0. The van der Waals surface area contributed by atoms with Gasteiger partial charge in [0.2, 0.25) is 0 Å². The summed E-state index contributed by atoms with van der Waals surface area (Å²) in [6, 6.07) is 56.6. The number of unbranched alkanes of at least 4 members (excludes halogenated alkanes) is 3. The summed E-state index contributed by atoms with van der Waals surface area (Å²) in [5.74, 6) is 3.70. The summed E-state index contributed by atoms with van der Waals surface area (Å²) in [6.07, 6.45) is 9.65. The molecule has 0 spiro atoms. The molecule has 84 heavy (non-hydrogen) atoms. The largest absolute Gasteiger partial charge is 0.308 e. The van der Waals surface area contributed by atoms with Gasteiger partial charge in [0.15, 0.2) is 34.9 Å². The first-order chi connectivity index (χ1) is 40.5. The Labute approximate surface area is 497 Å². The molecule has 7 nitrogen and oxygen atoms in total. The van der Waals surface area contributed by atoms with E-state index in [1.165, 1.54) is 72.0 Å². The molecule has 8 aromatic carbocycles. The molecule has 1 aliphatic rings. The molecular formula is C77H79N7. The lowest BCUT2D eigenvalue weighted by atomic mass is 9.82. The van der Waals surface area contributed by atoms with Crippen LogP contribution in [0.4, 0.5) is 0 Å². The van der Waals surface area contributed by atoms with E-state index < -0.39 is 0 Å². The maximum absolute atomic E-state index is 5.66. The molecule has 0 radical (unpaired) electrons. The Bertz CT molecular complexity index is 4260. The number of hydrogen-bond acceptors (Lipinski definition) is 6. The van der Waals surface area contributed by atoms with Crippen LogP contribution in [0, 0.1) is 27.7 Å². The summed E-state index contributed by atoms with van der Waals surface area (Å²) in [4.78, 5) is 33.2. The van der Waals surface area contributed by atoms with Crippen LogP contribution in [0.25, 0.3) is 107 Å². The lowest BCUT2D eigenvalue weighted by molar-refractivity contribution is 0.590. The number of fused-ring (bicyclic) bond motifs is 6. The highest BCUT2D eigenvalue weighted by Gasteiger charge is 2.36. The molecule has 0 unspecified atom stereocenters. The third-order valence-electron chi connectivity index (χ3n) is 17.2. The average molecular weight is 1100 g/mol. The van der Waals surface area contributed by atoms with E-state index in [0.29, 0.717) is 34.9 Å². The predicted octanol–water partition coefficient (Wildman–Crippen LogP) is 20.0. The third kappa shape index (κ3) is 10.9. The molecular weight excluding hydrogens is 1020 g/mol. The zero-order chi connectivity index (χ0) is 58.6. The third-order valence-corrected chi connectivity index (χ3v) is 17.2. The number of benzene rings is 8. The maximum Gasteiger partial charge on any atom is 0.166 e. The van der Waals surface area contributed by atoms with Crippen LogP contribution in [-0.4, -0.2) is 34.5 Å². The van der Waals surface area contributed by atoms with Crippen LogP contribution < -0.4 is 0 Å². The minimum absolute atomic E-state index is 0.106. The Kier molecular flexibility index (Phi) is 15.1. The second-order valence-electron chi connectivity index (χ2n) is 25.6. The summed E-state index contributed by atoms with van der Waals surface area (Å²) in [6.45, 7) is 27.0. The van der Waals surface area contributed by atoms with E-state index in [9.17, 15) is 0 Å². The van der Waals surface area contributed by atoms with Gasteiger partial charge in [-0.15, -0.1) is 0 Å². The molecule has 12 rings (SSSR count). The second kappa shape index (κ2) is 22.6. The van der Waals surface area contributed by atoms with Crippen molar-refractivity contribution in [3.05, 3.63) is 207 Å². The monoisotopic (exact) mass is 1100 g/mol. The van der Waals surface area contributed by atoms with Gasteiger partial charge >= 0.3 is 0 Å². The molecule has 0 aliphatic heterocycles. The van der Waals surface area contributed by atoms with Gasteiger partial charge in [0.25, 0.3) is 0 Å². The Balaban J connectivity index is 1.17. The quantitative estimate of drug-likeness (QED) is 0.0959. The van der Waals surface area contributed by atoms with Gasteiger partial charge in [0.05, 0.1) is 16.7 Å². The Morgan fingerprint density at radius 3 is 1.37 bits per heavy atom. The summed E-state index contributed by atoms with van der Waals surface area (Å²) >= 11 is 0. The van der Waals surface area contributed by atoms with Crippen molar-refractivity contribution in [2.45, 2.75) is 152 Å². The molecule has 11 aromatic rings. The fraction of sp³-hybridized carbons (Fsp3) is 0.299. The Morgan fingerprint density at radius 1 is 0.381 bits per heavy atom. The van der Waals surface area contributed by atoms with Crippen LogP contribution >= 0.6 is 0 Å². The van der Waals surface area contributed by atoms with Crippen LogP contribution in [0.5, 0.6) is 0 Å². The van der Waals surface area contributed by atoms with Crippen molar-refractivity contribution in [2.24, 2.45) is 0 Å². The van der Waals surface area contributed by atoms with E-state index in [1.54, 1.807) is 0 Å². The second-order valence-corrected chi connectivity index (χ2v) is 25.6. The van der Waals surface area contributed by atoms with Crippen molar-refractivity contribution >= 4 is 21.8 Å². The zero-order valence-electron chi connectivity index (χ0n) is 51.4. The molecule has 3 aromatic heterocycles. The summed E-state index contributed by atoms with van der Waals surface area (Å²) in [5.41, 5.74) is 23.5. The number of para-hydroxylation sites is 1. The smallest absolute Gasteiger partial charge is 0.166 e. The lowest BCUT2D eigenvalue weighted by Gasteiger charge is -2.22. The normalized spacial score (nSPS) is 12.8. The summed E-state index contributed by atoms with van der Waals surface area (Å²) < 4.78 is 2.45. The van der Waals surface area contributed by atoms with Crippen LogP contribution in [-0.2, 0) is 30.1 Å². The maximum atomic E-state index is 5.66. The molecule has 3 heterocycles. The van der Waals surface area contributed by atoms with Gasteiger partial charge in [-0.25, -0.2) is 29.9 Å². The van der Waals surface area contributed by atoms with Crippen molar-refractivity contribution in [3.63, 3.8) is 0 Å². The lowest BCUT2D eigenvalue weighted by Crippen LogP contribution is -2.15. The van der Waals surface area contributed by atoms with Gasteiger partial charge in [0, 0.05) is 49.6 Å². The van der Waals surface area contributed by atoms with E-state index in [4.69, 9.17) is 29.9 Å². The first kappa shape index (κ1) is 56.1. The minimum Gasteiger partial charge on any atom is -0.308 e. The highest BCUT2D eigenvalue weighted by molar-refractivity contribution is 6.12. The molecule has 1 aliphatic carbocycles. The molecule has 0 amide bonds. The van der Waals surface area contributed by atoms with Crippen LogP contribution in [0.15, 0.2) is 152 Å². The molecule has 7 heteroatoms. The minimum atomic E-state index is -0.216. The first-order valence-electron chi connectivity index (χ1n) is 30.8. The van der Waals surface area contributed by atoms with Crippen LogP contribution in [0.2, 0.25) is 0 Å². The number of aryl methyl sites for hydroxylation is 7. The highest BCUT2D eigenvalue weighted by atomic mass is 15.1. The number of rotatable bonds is 16. The SMILES string of the molecule is CCCCc1cc(C)cc(-c2nc(-c3cc(C)cc(CCCC)c3)nc(-c3ccc(-n4c5ccccc5c5cc6c(cc54)C(C)(C)c4ccccc4-6)c(-c4nc(-c5cc(C)cc(CCCC)c5)nc(-c5cc(C)cc(C(C)(C)C)c5)n4)c3)n2)c1. The van der Waals surface area contributed by atoms with Gasteiger partial charge < -0.3 is 4.57 Å². The van der Waals surface area contributed by atoms with E-state index >= 15 is 0 Å². The molecule has 0 bridgehead atoms. The van der Waals surface area contributed by atoms with Gasteiger partial charge in [-0.05, 0) is 201 Å². The highest BCUT2D eigenvalue weighted by Crippen LogP contribution is 2.51. The molecule has 0 atom stereocenters. The fourth-order valence-corrected chi connectivity index (χ4v) is 12.9. The van der Waals surface area contributed by atoms with Crippen molar-refractivity contribution < 1.29 is 0 Å². The topological polar surface area (TPSA) is 82.3 Å². The van der Waals surface area contributed by atoms with E-state index in [0.717, 1.165) is 113 Å². The zero-order valence-corrected chi connectivity index (χ0v) is 51.4. The van der Waals surface area contributed by atoms with Crippen molar-refractivity contribution in [2.75, 3.05) is 0 Å². The first-order valence-corrected chi connectivity index (χ1v) is 30.8. The van der Waals surface area contributed by atoms with Crippen LogP contribution in [0.1, 0.15) is 150 Å². The predicted molar refractivity (Wildman–Crippen MR) is 351 cm³/mol. The number of aromatic nitrogens is 7. The molecule has 422 valence electrons. The molecule has 0 fully saturated rings. The number of nitrogens with zero attached hydrogens (tertiary/aromatic N) is 7. The fourth-order valence-electron chi connectivity index (χ4n) is 12.9. The Hall–Kier alpha value is -8.42. The van der Waals surface area contributed by atoms with Gasteiger partial charge in [-0.3, -0.25) is 0 Å².